The molecule has 1 aromatic carbocycles. The first-order valence-electron chi connectivity index (χ1n) is 6.27. The van der Waals surface area contributed by atoms with Gasteiger partial charge in [-0.1, -0.05) is 34.5 Å². The molecule has 2 N–H and O–H groups in total. The summed E-state index contributed by atoms with van der Waals surface area (Å²) in [5, 5.41) is 0.996. The number of hydrogen-bond acceptors (Lipinski definition) is 5. The van der Waals surface area contributed by atoms with Crippen molar-refractivity contribution in [3.05, 3.63) is 50.8 Å². The average Bonchev–Trinajstić information content (AvgIpc) is 2.88. The number of thiazole rings is 1. The van der Waals surface area contributed by atoms with E-state index in [-0.39, 0.29) is 17.4 Å². The van der Waals surface area contributed by atoms with Crippen molar-refractivity contribution in [3.63, 3.8) is 0 Å². The Morgan fingerprint density at radius 3 is 2.91 bits per heavy atom. The van der Waals surface area contributed by atoms with Gasteiger partial charge >= 0.3 is 0 Å². The third kappa shape index (κ3) is 3.21. The maximum atomic E-state index is 14.2. The maximum absolute atomic E-state index is 14.2. The van der Waals surface area contributed by atoms with Gasteiger partial charge < -0.3 is 10.5 Å². The smallest absolute Gasteiger partial charge is 0.253 e. The molecule has 3 rings (SSSR count). The molecule has 0 spiro atoms. The predicted octanol–water partition coefficient (Wildman–Crippen LogP) is 3.82. The molecule has 0 aliphatic carbocycles. The van der Waals surface area contributed by atoms with E-state index >= 15 is 0 Å². The summed E-state index contributed by atoms with van der Waals surface area (Å²) in [4.78, 5) is 20.4. The van der Waals surface area contributed by atoms with E-state index in [0.29, 0.717) is 20.4 Å². The van der Waals surface area contributed by atoms with Crippen molar-refractivity contribution >= 4 is 50.8 Å². The van der Waals surface area contributed by atoms with Crippen LogP contribution in [0.15, 0.2) is 24.4 Å². The molecule has 0 bridgehead atoms. The minimum Gasteiger partial charge on any atom is -0.483 e. The first-order chi connectivity index (χ1) is 11.0. The van der Waals surface area contributed by atoms with Gasteiger partial charge in [-0.2, -0.15) is 0 Å². The van der Waals surface area contributed by atoms with Crippen LogP contribution < -0.4 is 10.5 Å². The molecule has 0 unspecified atom stereocenters. The zero-order valence-corrected chi connectivity index (χ0v) is 13.7. The van der Waals surface area contributed by atoms with E-state index in [9.17, 15) is 9.18 Å². The van der Waals surface area contributed by atoms with Crippen LogP contribution in [-0.2, 0) is 6.61 Å². The summed E-state index contributed by atoms with van der Waals surface area (Å²) in [5.41, 5.74) is 5.34. The molecular formula is C14H8Cl2FN3O2S. The Kier molecular flexibility index (Phi) is 4.34. The Morgan fingerprint density at radius 2 is 2.17 bits per heavy atom. The number of halogens is 3. The highest BCUT2D eigenvalue weighted by atomic mass is 35.5. The molecule has 0 fully saturated rings. The maximum Gasteiger partial charge on any atom is 0.253 e. The first kappa shape index (κ1) is 15.9. The largest absolute Gasteiger partial charge is 0.483 e. The Labute approximate surface area is 143 Å². The zero-order valence-electron chi connectivity index (χ0n) is 11.3. The number of carbonyl (C=O) groups excluding carboxylic acids is 1. The fraction of sp³-hybridized carbons (Fsp3) is 0.0714. The van der Waals surface area contributed by atoms with Crippen molar-refractivity contribution in [1.82, 2.24) is 9.97 Å². The highest BCUT2D eigenvalue weighted by Crippen LogP contribution is 2.29. The minimum absolute atomic E-state index is 0.00933. The number of aromatic nitrogens is 2. The number of primary amides is 1. The molecule has 1 amide bonds. The van der Waals surface area contributed by atoms with Crippen LogP contribution in [0.5, 0.6) is 5.75 Å². The minimum atomic E-state index is -0.961. The molecule has 0 aliphatic heterocycles. The summed E-state index contributed by atoms with van der Waals surface area (Å²) < 4.78 is 19.6. The molecule has 0 radical (unpaired) electrons. The lowest BCUT2D eigenvalue weighted by Crippen LogP contribution is -2.14. The van der Waals surface area contributed by atoms with Crippen LogP contribution in [0.2, 0.25) is 10.0 Å². The van der Waals surface area contributed by atoms with E-state index in [4.69, 9.17) is 33.7 Å². The van der Waals surface area contributed by atoms with Crippen LogP contribution in [0, 0.1) is 5.82 Å². The summed E-state index contributed by atoms with van der Waals surface area (Å²) in [7, 11) is 0. The molecular weight excluding hydrogens is 364 g/mol. The van der Waals surface area contributed by atoms with E-state index in [0.717, 1.165) is 0 Å². The Balaban J connectivity index is 1.85. The molecule has 0 atom stereocenters. The number of benzene rings is 1. The lowest BCUT2D eigenvalue weighted by molar-refractivity contribution is 0.0995. The molecule has 5 nitrogen and oxygen atoms in total. The van der Waals surface area contributed by atoms with Crippen molar-refractivity contribution in [2.45, 2.75) is 6.61 Å². The lowest BCUT2D eigenvalue weighted by atomic mass is 10.2. The van der Waals surface area contributed by atoms with Gasteiger partial charge in [-0.25, -0.2) is 14.4 Å². The summed E-state index contributed by atoms with van der Waals surface area (Å²) in [6.45, 7) is 0.00933. The van der Waals surface area contributed by atoms with Crippen LogP contribution >= 0.6 is 34.5 Å². The number of nitrogens with two attached hydrogens (primary N) is 1. The van der Waals surface area contributed by atoms with Gasteiger partial charge in [-0.15, -0.1) is 0 Å². The van der Waals surface area contributed by atoms with Crippen molar-refractivity contribution in [2.75, 3.05) is 0 Å². The van der Waals surface area contributed by atoms with Gasteiger partial charge in [0.05, 0.1) is 15.6 Å². The van der Waals surface area contributed by atoms with E-state index in [1.165, 1.54) is 29.7 Å². The molecule has 0 saturated carbocycles. The van der Waals surface area contributed by atoms with Crippen LogP contribution in [0.1, 0.15) is 15.4 Å². The predicted molar refractivity (Wildman–Crippen MR) is 86.7 cm³/mol. The first-order valence-corrected chi connectivity index (χ1v) is 7.84. The van der Waals surface area contributed by atoms with Gasteiger partial charge in [0.2, 0.25) is 0 Å². The van der Waals surface area contributed by atoms with Crippen molar-refractivity contribution in [2.24, 2.45) is 5.73 Å². The average molecular weight is 372 g/mol. The second-order valence-corrected chi connectivity index (χ2v) is 6.38. The Bertz CT molecular complexity index is 916. The van der Waals surface area contributed by atoms with Gasteiger partial charge in [0, 0.05) is 6.20 Å². The number of pyridine rings is 1. The summed E-state index contributed by atoms with van der Waals surface area (Å²) >= 11 is 12.9. The molecule has 0 aliphatic rings. The number of fused-ring (bicyclic) bond motifs is 1. The number of ether oxygens (including phenoxy) is 1. The monoisotopic (exact) mass is 371 g/mol. The van der Waals surface area contributed by atoms with Crippen molar-refractivity contribution < 1.29 is 13.9 Å². The summed E-state index contributed by atoms with van der Waals surface area (Å²) in [5.74, 6) is -1.99. The highest BCUT2D eigenvalue weighted by Gasteiger charge is 2.18. The molecule has 2 aromatic heterocycles. The van der Waals surface area contributed by atoms with Gasteiger partial charge in [-0.3, -0.25) is 4.79 Å². The molecule has 3 aromatic rings. The Morgan fingerprint density at radius 1 is 1.39 bits per heavy atom. The fourth-order valence-corrected chi connectivity index (χ4v) is 3.11. The van der Waals surface area contributed by atoms with Gasteiger partial charge in [0.25, 0.3) is 5.91 Å². The normalized spacial score (nSPS) is 10.9. The van der Waals surface area contributed by atoms with Crippen molar-refractivity contribution in [3.8, 4) is 5.75 Å². The van der Waals surface area contributed by atoms with Crippen molar-refractivity contribution in [1.29, 1.82) is 0 Å². The van der Waals surface area contributed by atoms with E-state index < -0.39 is 17.3 Å². The van der Waals surface area contributed by atoms with Gasteiger partial charge in [-0.05, 0) is 18.2 Å². The number of rotatable bonds is 4. The molecule has 0 saturated heterocycles. The van der Waals surface area contributed by atoms with E-state index in [2.05, 4.69) is 9.97 Å². The molecule has 2 heterocycles. The molecule has 23 heavy (non-hydrogen) atoms. The quantitative estimate of drug-likeness (QED) is 0.755. The van der Waals surface area contributed by atoms with Crippen LogP contribution in [0.25, 0.3) is 10.3 Å². The third-order valence-electron chi connectivity index (χ3n) is 2.91. The van der Waals surface area contributed by atoms with E-state index in [1.807, 2.05) is 0 Å². The Hall–Kier alpha value is -1.96. The topological polar surface area (TPSA) is 78.1 Å². The van der Waals surface area contributed by atoms with Crippen LogP contribution in [0.3, 0.4) is 0 Å². The SMILES string of the molecule is NC(=O)c1c(Cl)ccc(OCc2nc3cc(Cl)cnc3s2)c1F. The fourth-order valence-electron chi connectivity index (χ4n) is 1.92. The number of nitrogens with zero attached hydrogens (tertiary/aromatic N) is 2. The third-order valence-corrected chi connectivity index (χ3v) is 4.39. The molecule has 9 heteroatoms. The van der Waals surface area contributed by atoms with Gasteiger partial charge in [0.15, 0.2) is 11.6 Å². The summed E-state index contributed by atoms with van der Waals surface area (Å²) in [6.07, 6.45) is 1.52. The summed E-state index contributed by atoms with van der Waals surface area (Å²) in [6, 6.07) is 4.35. The number of hydrogen-bond donors (Lipinski definition) is 1. The lowest BCUT2D eigenvalue weighted by Gasteiger charge is -2.08. The second kappa shape index (κ2) is 6.27. The van der Waals surface area contributed by atoms with E-state index in [1.54, 1.807) is 6.07 Å². The zero-order chi connectivity index (χ0) is 16.6. The highest BCUT2D eigenvalue weighted by molar-refractivity contribution is 7.18. The number of carbonyl (C=O) groups is 1. The number of amides is 1. The van der Waals surface area contributed by atoms with Gasteiger partial charge in [0.1, 0.15) is 22.0 Å². The van der Waals surface area contributed by atoms with Crippen LogP contribution in [-0.4, -0.2) is 15.9 Å². The second-order valence-electron chi connectivity index (χ2n) is 4.47. The van der Waals surface area contributed by atoms with Crippen LogP contribution in [0.4, 0.5) is 4.39 Å². The molecule has 118 valence electrons. The standard InChI is InChI=1S/C14H8Cl2FN3O2S/c15-6-3-8-14(19-4-6)23-10(20-8)5-22-9-2-1-7(16)11(12(9)17)13(18)21/h1-4H,5H2,(H2,18,21).